The van der Waals surface area contributed by atoms with E-state index in [1.54, 1.807) is 66.7 Å². The van der Waals surface area contributed by atoms with Crippen molar-refractivity contribution in [1.82, 2.24) is 0 Å². The number of carbonyl (C=O) groups excluding carboxylic acids is 2. The second-order valence-electron chi connectivity index (χ2n) is 10.4. The molecule has 6 aromatic rings. The van der Waals surface area contributed by atoms with E-state index < -0.39 is 11.9 Å². The molecule has 0 fully saturated rings. The highest BCUT2D eigenvalue weighted by Gasteiger charge is 2.20. The summed E-state index contributed by atoms with van der Waals surface area (Å²) in [4.78, 5) is 26.6. The molecule has 0 bridgehead atoms. The van der Waals surface area contributed by atoms with E-state index in [2.05, 4.69) is 13.2 Å². The molecule has 0 N–H and O–H groups in total. The minimum absolute atomic E-state index is 0.353. The molecule has 46 heavy (non-hydrogen) atoms. The summed E-state index contributed by atoms with van der Waals surface area (Å²) in [7, 11) is 0. The standard InChI is InChI=1S/C40H30O6/c1-3-23-43-31-18-13-28(14-19-31)39(41)45-33-25-30-10-6-7-11-34(30)36(26-33)38-35-12-8-5-9-27(35)17-22-37(38)46-40(42)29-15-20-32(21-16-29)44-24-4-2/h3-22,25-26H,1-2,23-24H2. The molecule has 0 saturated carbocycles. The van der Waals surface area contributed by atoms with Crippen molar-refractivity contribution < 1.29 is 28.5 Å². The lowest BCUT2D eigenvalue weighted by molar-refractivity contribution is 0.0726. The van der Waals surface area contributed by atoms with Gasteiger partial charge in [-0.25, -0.2) is 9.59 Å². The molecule has 0 unspecified atom stereocenters. The first kappa shape index (κ1) is 29.9. The van der Waals surface area contributed by atoms with Crippen molar-refractivity contribution in [2.75, 3.05) is 13.2 Å². The molecule has 0 radical (unpaired) electrons. The minimum atomic E-state index is -0.515. The van der Waals surface area contributed by atoms with E-state index in [0.717, 1.165) is 27.1 Å². The van der Waals surface area contributed by atoms with Crippen LogP contribution in [-0.4, -0.2) is 25.2 Å². The predicted molar refractivity (Wildman–Crippen MR) is 181 cm³/mol. The number of fused-ring (bicyclic) bond motifs is 2. The zero-order valence-electron chi connectivity index (χ0n) is 25.0. The van der Waals surface area contributed by atoms with Crippen molar-refractivity contribution in [1.29, 1.82) is 0 Å². The van der Waals surface area contributed by atoms with E-state index in [9.17, 15) is 9.59 Å². The van der Waals surface area contributed by atoms with Gasteiger partial charge in [0, 0.05) is 5.56 Å². The summed E-state index contributed by atoms with van der Waals surface area (Å²) in [5, 5.41) is 3.61. The fraction of sp³-hybridized carbons (Fsp3) is 0.0500. The molecule has 6 nitrogen and oxygen atoms in total. The smallest absolute Gasteiger partial charge is 0.343 e. The van der Waals surface area contributed by atoms with Crippen LogP contribution in [0.4, 0.5) is 0 Å². The summed E-state index contributed by atoms with van der Waals surface area (Å²) < 4.78 is 23.1. The van der Waals surface area contributed by atoms with E-state index in [0.29, 0.717) is 52.9 Å². The molecule has 0 spiro atoms. The Kier molecular flexibility index (Phi) is 8.88. The molecule has 0 heterocycles. The van der Waals surface area contributed by atoms with Crippen molar-refractivity contribution in [3.8, 4) is 34.1 Å². The molecule has 6 heteroatoms. The minimum Gasteiger partial charge on any atom is -0.490 e. The quantitative estimate of drug-likeness (QED) is 0.0832. The molecule has 0 saturated heterocycles. The highest BCUT2D eigenvalue weighted by molar-refractivity contribution is 6.09. The number of rotatable bonds is 11. The lowest BCUT2D eigenvalue weighted by Gasteiger charge is -2.17. The van der Waals surface area contributed by atoms with E-state index in [-0.39, 0.29) is 0 Å². The molecule has 0 aliphatic rings. The van der Waals surface area contributed by atoms with Gasteiger partial charge in [-0.05, 0) is 93.8 Å². The number of hydrogen-bond donors (Lipinski definition) is 0. The molecular formula is C40H30O6. The second-order valence-corrected chi connectivity index (χ2v) is 10.4. The van der Waals surface area contributed by atoms with E-state index in [1.165, 1.54) is 0 Å². The van der Waals surface area contributed by atoms with Crippen LogP contribution in [0, 0.1) is 0 Å². The third-order valence-corrected chi connectivity index (χ3v) is 7.32. The third kappa shape index (κ3) is 6.51. The van der Waals surface area contributed by atoms with Gasteiger partial charge in [0.05, 0.1) is 11.1 Å². The fourth-order valence-electron chi connectivity index (χ4n) is 5.17. The second kappa shape index (κ2) is 13.7. The van der Waals surface area contributed by atoms with Crippen LogP contribution < -0.4 is 18.9 Å². The zero-order valence-corrected chi connectivity index (χ0v) is 25.0. The molecule has 226 valence electrons. The summed E-state index contributed by atoms with van der Waals surface area (Å²) in [6.45, 7) is 8.04. The predicted octanol–water partition coefficient (Wildman–Crippen LogP) is 9.23. The van der Waals surface area contributed by atoms with Crippen LogP contribution in [0.25, 0.3) is 32.7 Å². The monoisotopic (exact) mass is 606 g/mol. The van der Waals surface area contributed by atoms with Gasteiger partial charge in [-0.15, -0.1) is 0 Å². The molecular weight excluding hydrogens is 576 g/mol. The Bertz CT molecular complexity index is 2060. The Morgan fingerprint density at radius 3 is 1.70 bits per heavy atom. The van der Waals surface area contributed by atoms with Gasteiger partial charge in [-0.1, -0.05) is 79.9 Å². The number of carbonyl (C=O) groups is 2. The average molecular weight is 607 g/mol. The Labute approximate surface area is 266 Å². The first-order valence-electron chi connectivity index (χ1n) is 14.7. The third-order valence-electron chi connectivity index (χ3n) is 7.32. The maximum atomic E-state index is 13.4. The van der Waals surface area contributed by atoms with Gasteiger partial charge in [-0.3, -0.25) is 0 Å². The average Bonchev–Trinajstić information content (AvgIpc) is 3.10. The molecule has 0 amide bonds. The van der Waals surface area contributed by atoms with Crippen molar-refractivity contribution >= 4 is 33.5 Å². The van der Waals surface area contributed by atoms with Crippen molar-refractivity contribution in [3.05, 3.63) is 158 Å². The maximum absolute atomic E-state index is 13.4. The number of esters is 2. The molecule has 6 rings (SSSR count). The first-order valence-corrected chi connectivity index (χ1v) is 14.7. The molecule has 6 aromatic carbocycles. The SMILES string of the molecule is C=CCOc1ccc(C(=O)Oc2cc(-c3c(OC(=O)c4ccc(OCC=C)cc4)ccc4ccccc34)c3ccccc3c2)cc1. The van der Waals surface area contributed by atoms with Crippen LogP contribution >= 0.6 is 0 Å². The van der Waals surface area contributed by atoms with Crippen molar-refractivity contribution in [2.45, 2.75) is 0 Å². The lowest BCUT2D eigenvalue weighted by Crippen LogP contribution is -2.10. The molecule has 0 aliphatic heterocycles. The highest BCUT2D eigenvalue weighted by atomic mass is 16.5. The van der Waals surface area contributed by atoms with Crippen LogP contribution in [0.15, 0.2) is 147 Å². The summed E-state index contributed by atoms with van der Waals surface area (Å²) in [6, 6.07) is 36.5. The number of hydrogen-bond acceptors (Lipinski definition) is 6. The van der Waals surface area contributed by atoms with Gasteiger partial charge < -0.3 is 18.9 Å². The number of ether oxygens (including phenoxy) is 4. The topological polar surface area (TPSA) is 71.1 Å². The van der Waals surface area contributed by atoms with Gasteiger partial charge in [0.15, 0.2) is 0 Å². The maximum Gasteiger partial charge on any atom is 0.343 e. The normalized spacial score (nSPS) is 10.7. The number of benzene rings is 6. The largest absolute Gasteiger partial charge is 0.490 e. The van der Waals surface area contributed by atoms with Gasteiger partial charge >= 0.3 is 11.9 Å². The molecule has 0 atom stereocenters. The van der Waals surface area contributed by atoms with Crippen LogP contribution in [0.3, 0.4) is 0 Å². The molecule has 0 aromatic heterocycles. The van der Waals surface area contributed by atoms with E-state index >= 15 is 0 Å². The van der Waals surface area contributed by atoms with Crippen LogP contribution in [0.1, 0.15) is 20.7 Å². The lowest BCUT2D eigenvalue weighted by atomic mass is 9.92. The van der Waals surface area contributed by atoms with E-state index in [1.807, 2.05) is 66.7 Å². The summed E-state index contributed by atoms with van der Waals surface area (Å²) in [6.07, 6.45) is 3.31. The van der Waals surface area contributed by atoms with Gasteiger partial charge in [0.2, 0.25) is 0 Å². The van der Waals surface area contributed by atoms with Crippen molar-refractivity contribution in [2.24, 2.45) is 0 Å². The summed E-state index contributed by atoms with van der Waals surface area (Å²) in [5.74, 6) is 0.948. The van der Waals surface area contributed by atoms with Crippen LogP contribution in [0.5, 0.6) is 23.0 Å². The van der Waals surface area contributed by atoms with Crippen molar-refractivity contribution in [3.63, 3.8) is 0 Å². The Hall–Kier alpha value is -6.14. The first-order chi connectivity index (χ1) is 22.5. The van der Waals surface area contributed by atoms with Gasteiger partial charge in [0.25, 0.3) is 0 Å². The van der Waals surface area contributed by atoms with Crippen LogP contribution in [-0.2, 0) is 0 Å². The molecule has 0 aliphatic carbocycles. The van der Waals surface area contributed by atoms with Crippen LogP contribution in [0.2, 0.25) is 0 Å². The van der Waals surface area contributed by atoms with Gasteiger partial charge in [0.1, 0.15) is 36.2 Å². The Balaban J connectivity index is 1.39. The Morgan fingerprint density at radius 1 is 0.543 bits per heavy atom. The summed E-state index contributed by atoms with van der Waals surface area (Å²) in [5.41, 5.74) is 2.21. The van der Waals surface area contributed by atoms with Gasteiger partial charge in [-0.2, -0.15) is 0 Å². The fourth-order valence-corrected chi connectivity index (χ4v) is 5.17. The Morgan fingerprint density at radius 2 is 1.09 bits per heavy atom. The summed E-state index contributed by atoms with van der Waals surface area (Å²) >= 11 is 0. The zero-order chi connectivity index (χ0) is 31.9. The highest BCUT2D eigenvalue weighted by Crippen LogP contribution is 2.43. The van der Waals surface area contributed by atoms with E-state index in [4.69, 9.17) is 18.9 Å².